The largest absolute Gasteiger partial charge is 0.309 e. The van der Waals surface area contributed by atoms with Crippen molar-refractivity contribution in [2.75, 3.05) is 0 Å². The predicted molar refractivity (Wildman–Crippen MR) is 120 cm³/mol. The van der Waals surface area contributed by atoms with Gasteiger partial charge in [0.1, 0.15) is 0 Å². The molecule has 0 amide bonds. The van der Waals surface area contributed by atoms with Crippen LogP contribution in [-0.2, 0) is 12.8 Å². The van der Waals surface area contributed by atoms with Gasteiger partial charge in [0.2, 0.25) is 0 Å². The van der Waals surface area contributed by atoms with E-state index in [4.69, 9.17) is 11.6 Å². The first-order valence-corrected chi connectivity index (χ1v) is 10.7. The molecule has 1 aromatic heterocycles. The second-order valence-electron chi connectivity index (χ2n) is 6.47. The van der Waals surface area contributed by atoms with Crippen LogP contribution in [-0.4, -0.2) is 4.57 Å². The minimum absolute atomic E-state index is 0.691. The Hall–Kier alpha value is -1.29. The van der Waals surface area contributed by atoms with Gasteiger partial charge in [0.25, 0.3) is 0 Å². The van der Waals surface area contributed by atoms with E-state index in [9.17, 15) is 0 Å². The first-order valence-electron chi connectivity index (χ1n) is 8.74. The number of benzene rings is 3. The predicted octanol–water partition coefficient (Wildman–Crippen LogP) is 8.09. The Morgan fingerprint density at radius 1 is 0.769 bits per heavy atom. The molecule has 26 heavy (non-hydrogen) atoms. The molecule has 1 heterocycles. The number of halogens is 3. The summed E-state index contributed by atoms with van der Waals surface area (Å²) in [7, 11) is 0. The van der Waals surface area contributed by atoms with Crippen molar-refractivity contribution in [2.24, 2.45) is 0 Å². The third-order valence-corrected chi connectivity index (χ3v) is 7.05. The van der Waals surface area contributed by atoms with Crippen LogP contribution in [0.15, 0.2) is 57.5 Å². The van der Waals surface area contributed by atoms with Crippen LogP contribution >= 0.6 is 43.5 Å². The van der Waals surface area contributed by atoms with Gasteiger partial charge in [-0.25, -0.2) is 0 Å². The van der Waals surface area contributed by atoms with Gasteiger partial charge in [-0.15, -0.1) is 0 Å². The van der Waals surface area contributed by atoms with E-state index in [1.807, 2.05) is 0 Å². The maximum atomic E-state index is 6.32. The van der Waals surface area contributed by atoms with Gasteiger partial charge in [0.05, 0.1) is 16.1 Å². The SMILES string of the molecule is CCc1ccc2c(c1)c1cc(CC)ccc1n2-c1cc(Br)c(Cl)c(Br)c1. The molecule has 0 saturated heterocycles. The van der Waals surface area contributed by atoms with Crippen molar-refractivity contribution in [3.8, 4) is 5.69 Å². The monoisotopic (exact) mass is 489 g/mol. The normalized spacial score (nSPS) is 11.6. The fraction of sp³-hybridized carbons (Fsp3) is 0.182. The van der Waals surface area contributed by atoms with E-state index in [0.717, 1.165) is 27.5 Å². The van der Waals surface area contributed by atoms with Crippen molar-refractivity contribution in [1.82, 2.24) is 4.57 Å². The van der Waals surface area contributed by atoms with Crippen LogP contribution in [0.5, 0.6) is 0 Å². The molecule has 0 N–H and O–H groups in total. The van der Waals surface area contributed by atoms with E-state index >= 15 is 0 Å². The van der Waals surface area contributed by atoms with Crippen molar-refractivity contribution >= 4 is 65.3 Å². The molecule has 4 aromatic rings. The van der Waals surface area contributed by atoms with Crippen molar-refractivity contribution < 1.29 is 0 Å². The fourth-order valence-corrected chi connectivity index (χ4v) is 4.78. The molecule has 0 aliphatic carbocycles. The molecule has 0 radical (unpaired) electrons. The van der Waals surface area contributed by atoms with Crippen molar-refractivity contribution in [3.05, 3.63) is 73.6 Å². The van der Waals surface area contributed by atoms with Gasteiger partial charge in [-0.1, -0.05) is 37.6 Å². The number of fused-ring (bicyclic) bond motifs is 3. The van der Waals surface area contributed by atoms with Gasteiger partial charge in [0.15, 0.2) is 0 Å². The standard InChI is InChI=1S/C22H18Br2ClN/c1-3-13-5-7-20-16(9-13)17-10-14(4-2)6-8-21(17)26(20)15-11-18(23)22(25)19(24)12-15/h5-12H,3-4H2,1-2H3. The Morgan fingerprint density at radius 3 is 1.65 bits per heavy atom. The topological polar surface area (TPSA) is 4.93 Å². The Labute approximate surface area is 175 Å². The van der Waals surface area contributed by atoms with E-state index in [1.165, 1.54) is 32.9 Å². The molecule has 0 spiro atoms. The summed E-state index contributed by atoms with van der Waals surface area (Å²) in [5, 5.41) is 3.30. The highest BCUT2D eigenvalue weighted by Gasteiger charge is 2.15. The molecule has 0 saturated carbocycles. The Kier molecular flexibility index (Phi) is 4.89. The average molecular weight is 492 g/mol. The zero-order chi connectivity index (χ0) is 18.4. The number of nitrogens with zero attached hydrogens (tertiary/aromatic N) is 1. The molecule has 0 aliphatic heterocycles. The van der Waals surface area contributed by atoms with Crippen molar-refractivity contribution in [2.45, 2.75) is 26.7 Å². The highest BCUT2D eigenvalue weighted by atomic mass is 79.9. The van der Waals surface area contributed by atoms with Crippen LogP contribution < -0.4 is 0 Å². The maximum Gasteiger partial charge on any atom is 0.0691 e. The molecule has 4 heteroatoms. The van der Waals surface area contributed by atoms with Crippen LogP contribution in [0, 0.1) is 0 Å². The summed E-state index contributed by atoms with van der Waals surface area (Å²) in [6.07, 6.45) is 2.07. The molecule has 0 bridgehead atoms. The van der Waals surface area contributed by atoms with Crippen LogP contribution in [0.25, 0.3) is 27.5 Å². The van der Waals surface area contributed by atoms with E-state index in [1.54, 1.807) is 0 Å². The van der Waals surface area contributed by atoms with Gasteiger partial charge >= 0.3 is 0 Å². The van der Waals surface area contributed by atoms with Gasteiger partial charge < -0.3 is 4.57 Å². The molecule has 4 rings (SSSR count). The lowest BCUT2D eigenvalue weighted by Crippen LogP contribution is -1.95. The lowest BCUT2D eigenvalue weighted by Gasteiger charge is -2.11. The molecule has 0 fully saturated rings. The number of rotatable bonds is 3. The highest BCUT2D eigenvalue weighted by molar-refractivity contribution is 9.11. The summed E-state index contributed by atoms with van der Waals surface area (Å²) in [6.45, 7) is 4.40. The summed E-state index contributed by atoms with van der Waals surface area (Å²) in [5.41, 5.74) is 6.23. The number of aryl methyl sites for hydroxylation is 2. The quantitative estimate of drug-likeness (QED) is 0.255. The van der Waals surface area contributed by atoms with E-state index in [0.29, 0.717) is 5.02 Å². The smallest absolute Gasteiger partial charge is 0.0691 e. The maximum absolute atomic E-state index is 6.32. The van der Waals surface area contributed by atoms with Gasteiger partial charge in [-0.2, -0.15) is 0 Å². The average Bonchev–Trinajstić information content (AvgIpc) is 2.98. The highest BCUT2D eigenvalue weighted by Crippen LogP contribution is 2.38. The Morgan fingerprint density at radius 2 is 1.23 bits per heavy atom. The lowest BCUT2D eigenvalue weighted by atomic mass is 10.1. The van der Waals surface area contributed by atoms with E-state index in [-0.39, 0.29) is 0 Å². The van der Waals surface area contributed by atoms with Crippen LogP contribution in [0.4, 0.5) is 0 Å². The van der Waals surface area contributed by atoms with Crippen LogP contribution in [0.2, 0.25) is 5.02 Å². The summed E-state index contributed by atoms with van der Waals surface area (Å²) in [4.78, 5) is 0. The third-order valence-electron chi connectivity index (χ3n) is 4.94. The number of aromatic nitrogens is 1. The van der Waals surface area contributed by atoms with Crippen LogP contribution in [0.1, 0.15) is 25.0 Å². The third kappa shape index (κ3) is 2.90. The first-order chi connectivity index (χ1) is 12.5. The van der Waals surface area contributed by atoms with Gasteiger partial charge in [0, 0.05) is 25.4 Å². The molecule has 3 aromatic carbocycles. The second-order valence-corrected chi connectivity index (χ2v) is 8.56. The molecule has 0 aliphatic rings. The minimum atomic E-state index is 0.691. The van der Waals surface area contributed by atoms with Gasteiger partial charge in [-0.3, -0.25) is 0 Å². The fourth-order valence-electron chi connectivity index (χ4n) is 3.51. The van der Waals surface area contributed by atoms with Crippen molar-refractivity contribution in [3.63, 3.8) is 0 Å². The van der Waals surface area contributed by atoms with E-state index in [2.05, 4.69) is 98.8 Å². The summed E-state index contributed by atoms with van der Waals surface area (Å²) >= 11 is 13.5. The molecular weight excluding hydrogens is 474 g/mol. The molecule has 132 valence electrons. The van der Waals surface area contributed by atoms with Crippen molar-refractivity contribution in [1.29, 1.82) is 0 Å². The Bertz CT molecular complexity index is 1060. The first kappa shape index (κ1) is 18.1. The number of hydrogen-bond acceptors (Lipinski definition) is 0. The summed E-state index contributed by atoms with van der Waals surface area (Å²) in [5.74, 6) is 0. The zero-order valence-electron chi connectivity index (χ0n) is 14.6. The zero-order valence-corrected chi connectivity index (χ0v) is 18.5. The van der Waals surface area contributed by atoms with E-state index < -0.39 is 0 Å². The molecular formula is C22H18Br2ClN. The Balaban J connectivity index is 2.13. The summed E-state index contributed by atoms with van der Waals surface area (Å²) < 4.78 is 4.08. The minimum Gasteiger partial charge on any atom is -0.309 e. The molecule has 1 nitrogen and oxygen atoms in total. The summed E-state index contributed by atoms with van der Waals surface area (Å²) in [6, 6.07) is 17.7. The second kappa shape index (κ2) is 7.03. The molecule has 0 unspecified atom stereocenters. The number of hydrogen-bond donors (Lipinski definition) is 0. The van der Waals surface area contributed by atoms with Crippen LogP contribution in [0.3, 0.4) is 0 Å². The molecule has 0 atom stereocenters. The lowest BCUT2D eigenvalue weighted by molar-refractivity contribution is 1.13. The van der Waals surface area contributed by atoms with Gasteiger partial charge in [-0.05, 0) is 92.2 Å².